The maximum Gasteiger partial charge on any atom is 0.141 e. The number of hydrogen-bond donors (Lipinski definition) is 2. The summed E-state index contributed by atoms with van der Waals surface area (Å²) in [6.07, 6.45) is 0. The van der Waals surface area contributed by atoms with E-state index >= 15 is 0 Å². The van der Waals surface area contributed by atoms with Gasteiger partial charge in [0.2, 0.25) is 0 Å². The van der Waals surface area contributed by atoms with Crippen molar-refractivity contribution in [3.05, 3.63) is 41.4 Å². The van der Waals surface area contributed by atoms with Gasteiger partial charge in [-0.05, 0) is 30.3 Å². The normalized spacial score (nSPS) is 11.1. The predicted octanol–water partition coefficient (Wildman–Crippen LogP) is 3.18. The Morgan fingerprint density at radius 1 is 1.26 bits per heavy atom. The van der Waals surface area contributed by atoms with Crippen molar-refractivity contribution in [2.75, 3.05) is 5.73 Å². The first-order chi connectivity index (χ1) is 9.08. The molecule has 96 valence electrons. The number of anilines is 1. The molecule has 5 heteroatoms. The van der Waals surface area contributed by atoms with Crippen LogP contribution in [0.3, 0.4) is 0 Å². The smallest absolute Gasteiger partial charge is 0.141 e. The Bertz CT molecular complexity index is 780. The molecule has 0 atom stereocenters. The minimum Gasteiger partial charge on any atom is -0.506 e. The first-order valence-electron chi connectivity index (χ1n) is 5.77. The average molecular weight is 274 g/mol. The molecule has 0 aliphatic rings. The minimum atomic E-state index is 0.0515. The molecule has 1 aromatic heterocycles. The van der Waals surface area contributed by atoms with Gasteiger partial charge in [-0.2, -0.15) is 0 Å². The quantitative estimate of drug-likeness (QED) is 0.529. The number of para-hydroxylation sites is 1. The van der Waals surface area contributed by atoms with Crippen LogP contribution in [0, 0.1) is 0 Å². The zero-order valence-corrected chi connectivity index (χ0v) is 11.0. The third-order valence-electron chi connectivity index (χ3n) is 3.13. The highest BCUT2D eigenvalue weighted by Crippen LogP contribution is 2.31. The summed E-state index contributed by atoms with van der Waals surface area (Å²) in [4.78, 5) is 4.54. The van der Waals surface area contributed by atoms with Crippen molar-refractivity contribution in [3.8, 4) is 17.1 Å². The fourth-order valence-corrected chi connectivity index (χ4v) is 2.46. The maximum absolute atomic E-state index is 9.69. The molecule has 3 rings (SSSR count). The summed E-state index contributed by atoms with van der Waals surface area (Å²) < 4.78 is 1.91. The Labute approximate surface area is 115 Å². The summed E-state index contributed by atoms with van der Waals surface area (Å²) in [5.74, 6) is 0.786. The van der Waals surface area contributed by atoms with Crippen LogP contribution in [0.15, 0.2) is 36.4 Å². The van der Waals surface area contributed by atoms with Gasteiger partial charge in [0.05, 0.1) is 21.7 Å². The lowest BCUT2D eigenvalue weighted by molar-refractivity contribution is 0.478. The van der Waals surface area contributed by atoms with E-state index in [9.17, 15) is 5.11 Å². The Morgan fingerprint density at radius 3 is 2.74 bits per heavy atom. The minimum absolute atomic E-state index is 0.0515. The lowest BCUT2D eigenvalue weighted by atomic mass is 10.2. The summed E-state index contributed by atoms with van der Waals surface area (Å²) in [5, 5.41) is 10.3. The number of benzene rings is 2. The highest BCUT2D eigenvalue weighted by molar-refractivity contribution is 6.35. The average Bonchev–Trinajstić information content (AvgIpc) is 2.72. The molecule has 19 heavy (non-hydrogen) atoms. The van der Waals surface area contributed by atoms with E-state index in [1.165, 1.54) is 0 Å². The van der Waals surface area contributed by atoms with Gasteiger partial charge < -0.3 is 15.4 Å². The first kappa shape index (κ1) is 11.9. The van der Waals surface area contributed by atoms with Crippen molar-refractivity contribution in [2.24, 2.45) is 7.05 Å². The number of aromatic hydroxyl groups is 1. The van der Waals surface area contributed by atoms with Crippen LogP contribution >= 0.6 is 11.6 Å². The molecular formula is C14H12ClN3O. The standard InChI is InChI=1S/C14H12ClN3O/c1-18-13-9(15)3-2-4-11(13)17-14(18)8-5-6-10(16)12(19)7-8/h2-7,19H,16H2,1H3. The van der Waals surface area contributed by atoms with Crippen molar-refractivity contribution in [3.63, 3.8) is 0 Å². The number of fused-ring (bicyclic) bond motifs is 1. The van der Waals surface area contributed by atoms with Gasteiger partial charge in [0.1, 0.15) is 11.6 Å². The second-order valence-corrected chi connectivity index (χ2v) is 4.78. The first-order valence-corrected chi connectivity index (χ1v) is 6.15. The van der Waals surface area contributed by atoms with Crippen LogP contribution < -0.4 is 5.73 Å². The molecule has 3 aromatic rings. The van der Waals surface area contributed by atoms with Gasteiger partial charge in [-0.25, -0.2) is 4.98 Å². The number of phenols is 1. The van der Waals surface area contributed by atoms with E-state index in [1.807, 2.05) is 35.9 Å². The zero-order chi connectivity index (χ0) is 13.6. The van der Waals surface area contributed by atoms with Crippen molar-refractivity contribution < 1.29 is 5.11 Å². The molecule has 2 aromatic carbocycles. The van der Waals surface area contributed by atoms with Gasteiger partial charge in [-0.15, -0.1) is 0 Å². The monoisotopic (exact) mass is 273 g/mol. The summed E-state index contributed by atoms with van der Waals surface area (Å²) in [6, 6.07) is 10.7. The molecule has 0 saturated carbocycles. The van der Waals surface area contributed by atoms with Gasteiger partial charge in [-0.3, -0.25) is 0 Å². The molecule has 0 saturated heterocycles. The van der Waals surface area contributed by atoms with Crippen LogP contribution in [0.4, 0.5) is 5.69 Å². The van der Waals surface area contributed by atoms with E-state index in [4.69, 9.17) is 17.3 Å². The second kappa shape index (κ2) is 4.17. The third-order valence-corrected chi connectivity index (χ3v) is 3.44. The van der Waals surface area contributed by atoms with Crippen LogP contribution in [-0.2, 0) is 7.05 Å². The molecule has 3 N–H and O–H groups in total. The molecule has 0 aliphatic heterocycles. The van der Waals surface area contributed by atoms with Crippen molar-refractivity contribution in [1.82, 2.24) is 9.55 Å². The largest absolute Gasteiger partial charge is 0.506 e. The summed E-state index contributed by atoms with van der Waals surface area (Å²) in [5.41, 5.74) is 8.44. The molecule has 0 spiro atoms. The van der Waals surface area contributed by atoms with E-state index in [2.05, 4.69) is 4.98 Å². The molecule has 0 amide bonds. The molecule has 0 unspecified atom stereocenters. The van der Waals surface area contributed by atoms with E-state index in [0.29, 0.717) is 10.7 Å². The highest BCUT2D eigenvalue weighted by atomic mass is 35.5. The summed E-state index contributed by atoms with van der Waals surface area (Å²) in [7, 11) is 1.89. The van der Waals surface area contributed by atoms with Gasteiger partial charge in [0.15, 0.2) is 0 Å². The van der Waals surface area contributed by atoms with Crippen LogP contribution in [0.2, 0.25) is 5.02 Å². The lowest BCUT2D eigenvalue weighted by Crippen LogP contribution is -1.93. The van der Waals surface area contributed by atoms with Gasteiger partial charge in [0, 0.05) is 12.6 Å². The maximum atomic E-state index is 9.69. The number of rotatable bonds is 1. The fourth-order valence-electron chi connectivity index (χ4n) is 2.16. The van der Waals surface area contributed by atoms with Gasteiger partial charge in [-0.1, -0.05) is 17.7 Å². The predicted molar refractivity (Wildman–Crippen MR) is 77.2 cm³/mol. The number of halogens is 1. The van der Waals surface area contributed by atoms with Crippen LogP contribution in [-0.4, -0.2) is 14.7 Å². The Balaban J connectivity index is 2.28. The molecule has 1 heterocycles. The van der Waals surface area contributed by atoms with E-state index in [1.54, 1.807) is 12.1 Å². The van der Waals surface area contributed by atoms with E-state index in [-0.39, 0.29) is 5.75 Å². The Hall–Kier alpha value is -2.20. The number of imidazole rings is 1. The lowest BCUT2D eigenvalue weighted by Gasteiger charge is -2.05. The van der Waals surface area contributed by atoms with E-state index in [0.717, 1.165) is 22.4 Å². The number of phenolic OH excluding ortho intramolecular Hbond substituents is 1. The second-order valence-electron chi connectivity index (χ2n) is 4.38. The molecule has 0 aliphatic carbocycles. The molecule has 0 fully saturated rings. The van der Waals surface area contributed by atoms with Crippen LogP contribution in [0.1, 0.15) is 0 Å². The molecule has 0 bridgehead atoms. The zero-order valence-electron chi connectivity index (χ0n) is 10.3. The van der Waals surface area contributed by atoms with Crippen molar-refractivity contribution >= 4 is 28.3 Å². The Morgan fingerprint density at radius 2 is 2.05 bits per heavy atom. The molecule has 0 radical (unpaired) electrons. The molecular weight excluding hydrogens is 262 g/mol. The van der Waals surface area contributed by atoms with Gasteiger partial charge >= 0.3 is 0 Å². The SMILES string of the molecule is Cn1c(-c2ccc(N)c(O)c2)nc2cccc(Cl)c21. The number of nitrogen functional groups attached to an aromatic ring is 1. The number of aromatic nitrogens is 2. The number of hydrogen-bond acceptors (Lipinski definition) is 3. The number of nitrogens with zero attached hydrogens (tertiary/aromatic N) is 2. The van der Waals surface area contributed by atoms with Gasteiger partial charge in [0.25, 0.3) is 0 Å². The number of nitrogens with two attached hydrogens (primary N) is 1. The summed E-state index contributed by atoms with van der Waals surface area (Å²) >= 11 is 6.19. The van der Waals surface area contributed by atoms with Crippen molar-refractivity contribution in [1.29, 1.82) is 0 Å². The molecule has 4 nitrogen and oxygen atoms in total. The van der Waals surface area contributed by atoms with E-state index < -0.39 is 0 Å². The Kier molecular flexibility index (Phi) is 2.61. The van der Waals surface area contributed by atoms with Crippen LogP contribution in [0.25, 0.3) is 22.4 Å². The van der Waals surface area contributed by atoms with Crippen LogP contribution in [0.5, 0.6) is 5.75 Å². The topological polar surface area (TPSA) is 64.1 Å². The highest BCUT2D eigenvalue weighted by Gasteiger charge is 2.13. The fraction of sp³-hybridized carbons (Fsp3) is 0.0714. The van der Waals surface area contributed by atoms with Crippen molar-refractivity contribution in [2.45, 2.75) is 0 Å². The third kappa shape index (κ3) is 1.81. The number of aryl methyl sites for hydroxylation is 1. The summed E-state index contributed by atoms with van der Waals surface area (Å²) in [6.45, 7) is 0.